The molecule has 0 unspecified atom stereocenters. The molecule has 0 fully saturated rings. The number of hydrazone groups is 1. The Kier molecular flexibility index (Phi) is 4.07. The van der Waals surface area contributed by atoms with Crippen molar-refractivity contribution in [2.75, 3.05) is 0 Å². The molecule has 19 heavy (non-hydrogen) atoms. The Balaban J connectivity index is 1.96. The molecule has 0 saturated carbocycles. The van der Waals surface area contributed by atoms with Crippen LogP contribution in [0.15, 0.2) is 41.5 Å². The highest BCUT2D eigenvalue weighted by molar-refractivity contribution is 5.93. The van der Waals surface area contributed by atoms with Gasteiger partial charge in [0.15, 0.2) is 5.69 Å². The number of hydrogen-bond acceptors (Lipinski definition) is 3. The Morgan fingerprint density at radius 2 is 2.11 bits per heavy atom. The molecule has 0 aliphatic rings. The standard InChI is InChI=1S/C14H16N4O/c1-10(2)12-8-13(17-16-12)14(19)18-15-9-11-6-4-3-5-7-11/h3-10H,1-2H3,(H,16,17)(H,18,19)/b15-9+. The molecule has 5 nitrogen and oxygen atoms in total. The van der Waals surface area contributed by atoms with Gasteiger partial charge in [-0.1, -0.05) is 44.2 Å². The summed E-state index contributed by atoms with van der Waals surface area (Å²) < 4.78 is 0. The van der Waals surface area contributed by atoms with E-state index in [1.807, 2.05) is 44.2 Å². The topological polar surface area (TPSA) is 70.1 Å². The number of benzene rings is 1. The molecule has 0 radical (unpaired) electrons. The number of hydrogen-bond donors (Lipinski definition) is 2. The second-order valence-corrected chi connectivity index (χ2v) is 4.47. The van der Waals surface area contributed by atoms with Crippen molar-refractivity contribution in [2.45, 2.75) is 19.8 Å². The van der Waals surface area contributed by atoms with Crippen molar-refractivity contribution in [2.24, 2.45) is 5.10 Å². The fourth-order valence-electron chi connectivity index (χ4n) is 1.51. The van der Waals surface area contributed by atoms with Gasteiger partial charge in [-0.2, -0.15) is 10.2 Å². The average molecular weight is 256 g/mol. The molecule has 2 N–H and O–H groups in total. The monoisotopic (exact) mass is 256 g/mol. The Bertz CT molecular complexity index is 572. The Morgan fingerprint density at radius 1 is 1.37 bits per heavy atom. The second kappa shape index (κ2) is 5.95. The van der Waals surface area contributed by atoms with Gasteiger partial charge in [0, 0.05) is 5.69 Å². The van der Waals surface area contributed by atoms with Crippen molar-refractivity contribution in [1.29, 1.82) is 0 Å². The van der Waals surface area contributed by atoms with Crippen LogP contribution in [0.3, 0.4) is 0 Å². The zero-order valence-corrected chi connectivity index (χ0v) is 10.9. The van der Waals surface area contributed by atoms with Crippen LogP contribution in [-0.4, -0.2) is 22.3 Å². The van der Waals surface area contributed by atoms with E-state index < -0.39 is 0 Å². The normalized spacial score (nSPS) is 11.1. The van der Waals surface area contributed by atoms with Crippen LogP contribution in [0.1, 0.15) is 41.5 Å². The van der Waals surface area contributed by atoms with Gasteiger partial charge in [-0.05, 0) is 17.5 Å². The van der Waals surface area contributed by atoms with E-state index in [9.17, 15) is 4.79 Å². The van der Waals surface area contributed by atoms with Crippen LogP contribution in [0.2, 0.25) is 0 Å². The van der Waals surface area contributed by atoms with Gasteiger partial charge in [0.1, 0.15) is 0 Å². The van der Waals surface area contributed by atoms with Gasteiger partial charge in [0.25, 0.3) is 5.91 Å². The quantitative estimate of drug-likeness (QED) is 0.651. The maximum atomic E-state index is 11.8. The van der Waals surface area contributed by atoms with Crippen molar-refractivity contribution in [3.63, 3.8) is 0 Å². The first-order chi connectivity index (χ1) is 9.16. The number of nitrogens with zero attached hydrogens (tertiary/aromatic N) is 2. The van der Waals surface area contributed by atoms with Crippen LogP contribution in [-0.2, 0) is 0 Å². The molecular weight excluding hydrogens is 240 g/mol. The highest BCUT2D eigenvalue weighted by Gasteiger charge is 2.10. The number of amides is 1. The van der Waals surface area contributed by atoms with Crippen molar-refractivity contribution in [1.82, 2.24) is 15.6 Å². The third kappa shape index (κ3) is 3.51. The number of aromatic nitrogens is 2. The van der Waals surface area contributed by atoms with E-state index >= 15 is 0 Å². The number of nitrogens with one attached hydrogen (secondary N) is 2. The third-order valence-electron chi connectivity index (χ3n) is 2.63. The Hall–Kier alpha value is -2.43. The van der Waals surface area contributed by atoms with E-state index in [-0.39, 0.29) is 5.91 Å². The molecule has 1 amide bonds. The SMILES string of the molecule is CC(C)c1cc(C(=O)N/N=C/c2ccccc2)n[nH]1. The summed E-state index contributed by atoms with van der Waals surface area (Å²) in [5.74, 6) is -0.0165. The highest BCUT2D eigenvalue weighted by Crippen LogP contribution is 2.11. The van der Waals surface area contributed by atoms with Gasteiger partial charge in [-0.3, -0.25) is 9.89 Å². The molecule has 0 aliphatic carbocycles. The largest absolute Gasteiger partial charge is 0.291 e. The summed E-state index contributed by atoms with van der Waals surface area (Å²) in [5.41, 5.74) is 4.64. The number of carbonyl (C=O) groups is 1. The first kappa shape index (κ1) is 13.0. The van der Waals surface area contributed by atoms with E-state index in [1.165, 1.54) is 0 Å². The molecular formula is C14H16N4O. The number of rotatable bonds is 4. The summed E-state index contributed by atoms with van der Waals surface area (Å²) in [6, 6.07) is 11.3. The van der Waals surface area contributed by atoms with Crippen LogP contribution in [0.4, 0.5) is 0 Å². The van der Waals surface area contributed by atoms with Crippen LogP contribution < -0.4 is 5.43 Å². The van der Waals surface area contributed by atoms with Crippen molar-refractivity contribution < 1.29 is 4.79 Å². The van der Waals surface area contributed by atoms with Gasteiger partial charge in [-0.15, -0.1) is 0 Å². The van der Waals surface area contributed by atoms with Gasteiger partial charge < -0.3 is 0 Å². The summed E-state index contributed by atoms with van der Waals surface area (Å²) in [7, 11) is 0. The smallest absolute Gasteiger partial charge is 0.282 e. The predicted molar refractivity (Wildman–Crippen MR) is 74.2 cm³/mol. The molecule has 5 heteroatoms. The lowest BCUT2D eigenvalue weighted by atomic mass is 10.1. The lowest BCUT2D eigenvalue weighted by Gasteiger charge is -1.96. The summed E-state index contributed by atoms with van der Waals surface area (Å²) in [6.45, 7) is 4.06. The summed E-state index contributed by atoms with van der Waals surface area (Å²) in [5, 5.41) is 10.7. The molecule has 2 rings (SSSR count). The van der Waals surface area contributed by atoms with Crippen LogP contribution in [0, 0.1) is 0 Å². The lowest BCUT2D eigenvalue weighted by molar-refractivity contribution is 0.0950. The van der Waals surface area contributed by atoms with Crippen molar-refractivity contribution in [3.8, 4) is 0 Å². The predicted octanol–water partition coefficient (Wildman–Crippen LogP) is 2.30. The van der Waals surface area contributed by atoms with Crippen molar-refractivity contribution in [3.05, 3.63) is 53.3 Å². The summed E-state index contributed by atoms with van der Waals surface area (Å²) >= 11 is 0. The second-order valence-electron chi connectivity index (χ2n) is 4.47. The molecule has 1 heterocycles. The fourth-order valence-corrected chi connectivity index (χ4v) is 1.51. The lowest BCUT2D eigenvalue weighted by Crippen LogP contribution is -2.18. The van der Waals surface area contributed by atoms with Gasteiger partial charge in [0.2, 0.25) is 0 Å². The van der Waals surface area contributed by atoms with E-state index in [0.29, 0.717) is 11.6 Å². The minimum atomic E-state index is -0.324. The molecule has 0 aliphatic heterocycles. The highest BCUT2D eigenvalue weighted by atomic mass is 16.2. The maximum Gasteiger partial charge on any atom is 0.291 e. The number of carbonyl (C=O) groups excluding carboxylic acids is 1. The van der Waals surface area contributed by atoms with E-state index in [4.69, 9.17) is 0 Å². The van der Waals surface area contributed by atoms with Crippen LogP contribution >= 0.6 is 0 Å². The van der Waals surface area contributed by atoms with Gasteiger partial charge in [-0.25, -0.2) is 5.43 Å². The average Bonchev–Trinajstić information content (AvgIpc) is 2.89. The summed E-state index contributed by atoms with van der Waals surface area (Å²) in [4.78, 5) is 11.8. The maximum absolute atomic E-state index is 11.8. The summed E-state index contributed by atoms with van der Waals surface area (Å²) in [6.07, 6.45) is 1.59. The molecule has 0 bridgehead atoms. The molecule has 0 spiro atoms. The molecule has 2 aromatic rings. The van der Waals surface area contributed by atoms with Gasteiger partial charge >= 0.3 is 0 Å². The molecule has 1 aromatic carbocycles. The molecule has 0 atom stereocenters. The molecule has 0 saturated heterocycles. The molecule has 1 aromatic heterocycles. The van der Waals surface area contributed by atoms with E-state index in [1.54, 1.807) is 12.3 Å². The first-order valence-electron chi connectivity index (χ1n) is 6.10. The first-order valence-corrected chi connectivity index (χ1v) is 6.10. The number of aromatic amines is 1. The van der Waals surface area contributed by atoms with E-state index in [0.717, 1.165) is 11.3 Å². The minimum Gasteiger partial charge on any atom is -0.282 e. The fraction of sp³-hybridized carbons (Fsp3) is 0.214. The van der Waals surface area contributed by atoms with Crippen molar-refractivity contribution >= 4 is 12.1 Å². The minimum absolute atomic E-state index is 0.307. The van der Waals surface area contributed by atoms with Crippen LogP contribution in [0.5, 0.6) is 0 Å². The number of H-pyrrole nitrogens is 1. The molecule has 98 valence electrons. The third-order valence-corrected chi connectivity index (χ3v) is 2.63. The zero-order valence-electron chi connectivity index (χ0n) is 10.9. The Labute approximate surface area is 111 Å². The van der Waals surface area contributed by atoms with E-state index in [2.05, 4.69) is 20.7 Å². The zero-order chi connectivity index (χ0) is 13.7. The Morgan fingerprint density at radius 3 is 2.74 bits per heavy atom. The van der Waals surface area contributed by atoms with Gasteiger partial charge in [0.05, 0.1) is 6.21 Å². The van der Waals surface area contributed by atoms with Crippen LogP contribution in [0.25, 0.3) is 0 Å².